The SMILES string of the molecule is CC(C)(C)OC(=O)N1Cc2c(I)c(-c3ccc(F)c(Cl)c3)nn2C(CCCC[Si](C)(C)C(C)(C)C)C1. The number of carbonyl (C=O) groups excluding carboxylic acids is 1. The Morgan fingerprint density at radius 1 is 1.22 bits per heavy atom. The number of amides is 1. The zero-order chi connectivity index (χ0) is 27.1. The number of unbranched alkanes of at least 4 members (excludes halogenated alkanes) is 1. The van der Waals surface area contributed by atoms with Gasteiger partial charge in [0.05, 0.1) is 34.9 Å². The molecule has 1 amide bonds. The van der Waals surface area contributed by atoms with Crippen molar-refractivity contribution in [1.29, 1.82) is 0 Å². The number of hydrogen-bond acceptors (Lipinski definition) is 3. The van der Waals surface area contributed by atoms with Crippen molar-refractivity contribution in [3.63, 3.8) is 0 Å². The van der Waals surface area contributed by atoms with Crippen LogP contribution in [0.4, 0.5) is 9.18 Å². The zero-order valence-electron chi connectivity index (χ0n) is 22.8. The van der Waals surface area contributed by atoms with Gasteiger partial charge >= 0.3 is 6.09 Å². The topological polar surface area (TPSA) is 47.4 Å². The highest BCUT2D eigenvalue weighted by atomic mass is 127. The van der Waals surface area contributed by atoms with Crippen LogP contribution in [0.25, 0.3) is 11.3 Å². The molecule has 0 aliphatic carbocycles. The van der Waals surface area contributed by atoms with E-state index in [1.165, 1.54) is 18.5 Å². The Kier molecular flexibility index (Phi) is 8.93. The summed E-state index contributed by atoms with van der Waals surface area (Å²) in [6, 6.07) is 6.03. The van der Waals surface area contributed by atoms with Crippen LogP contribution in [0.5, 0.6) is 0 Å². The van der Waals surface area contributed by atoms with Crippen molar-refractivity contribution in [1.82, 2.24) is 14.7 Å². The van der Waals surface area contributed by atoms with Crippen LogP contribution in [0.2, 0.25) is 29.2 Å². The van der Waals surface area contributed by atoms with E-state index in [9.17, 15) is 9.18 Å². The Hall–Kier alpha value is -1.13. The van der Waals surface area contributed by atoms with Crippen molar-refractivity contribution >= 4 is 48.4 Å². The molecule has 200 valence electrons. The second-order valence-electron chi connectivity index (χ2n) is 12.6. The van der Waals surface area contributed by atoms with Crippen LogP contribution < -0.4 is 0 Å². The molecule has 0 saturated heterocycles. The average molecular weight is 648 g/mol. The third kappa shape index (κ3) is 6.84. The second-order valence-corrected chi connectivity index (χ2v) is 19.8. The molecule has 0 spiro atoms. The van der Waals surface area contributed by atoms with E-state index in [0.717, 1.165) is 33.4 Å². The minimum Gasteiger partial charge on any atom is -0.444 e. The zero-order valence-corrected chi connectivity index (χ0v) is 26.8. The molecule has 0 bridgehead atoms. The van der Waals surface area contributed by atoms with Gasteiger partial charge in [0.15, 0.2) is 0 Å². The van der Waals surface area contributed by atoms with Gasteiger partial charge in [0, 0.05) is 12.1 Å². The highest BCUT2D eigenvalue weighted by Gasteiger charge is 2.36. The summed E-state index contributed by atoms with van der Waals surface area (Å²) in [5, 5.41) is 5.42. The number of carbonyl (C=O) groups is 1. The molecule has 3 rings (SSSR count). The lowest BCUT2D eigenvalue weighted by atomic mass is 10.1. The first-order chi connectivity index (χ1) is 16.5. The summed E-state index contributed by atoms with van der Waals surface area (Å²) in [6.45, 7) is 18.7. The Morgan fingerprint density at radius 3 is 2.47 bits per heavy atom. The number of hydrogen-bond donors (Lipinski definition) is 0. The van der Waals surface area contributed by atoms with Gasteiger partial charge in [0.2, 0.25) is 0 Å². The fraction of sp³-hybridized carbons (Fsp3) is 0.630. The lowest BCUT2D eigenvalue weighted by Gasteiger charge is -2.37. The third-order valence-corrected chi connectivity index (χ3v) is 14.6. The number of nitrogens with zero attached hydrogens (tertiary/aromatic N) is 3. The first-order valence-corrected chi connectivity index (χ1v) is 17.4. The summed E-state index contributed by atoms with van der Waals surface area (Å²) in [7, 11) is -1.33. The van der Waals surface area contributed by atoms with Gasteiger partial charge in [-0.25, -0.2) is 9.18 Å². The molecule has 1 aromatic carbocycles. The van der Waals surface area contributed by atoms with E-state index in [1.807, 2.05) is 20.8 Å². The van der Waals surface area contributed by atoms with Crippen LogP contribution in [0.1, 0.15) is 72.5 Å². The lowest BCUT2D eigenvalue weighted by Crippen LogP contribution is -2.44. The van der Waals surface area contributed by atoms with Crippen LogP contribution in [-0.4, -0.2) is 41.0 Å². The molecule has 0 radical (unpaired) electrons. The van der Waals surface area contributed by atoms with E-state index < -0.39 is 19.5 Å². The Bertz CT molecular complexity index is 1110. The molecule has 0 saturated carbocycles. The smallest absolute Gasteiger partial charge is 0.410 e. The van der Waals surface area contributed by atoms with E-state index in [0.29, 0.717) is 18.1 Å². The quantitative estimate of drug-likeness (QED) is 0.179. The number of rotatable bonds is 6. The van der Waals surface area contributed by atoms with Gasteiger partial charge in [-0.2, -0.15) is 5.10 Å². The predicted octanol–water partition coefficient (Wildman–Crippen LogP) is 8.92. The van der Waals surface area contributed by atoms with Gasteiger partial charge < -0.3 is 9.64 Å². The molecule has 1 unspecified atom stereocenters. The van der Waals surface area contributed by atoms with Gasteiger partial charge in [-0.3, -0.25) is 4.68 Å². The number of fused-ring (bicyclic) bond motifs is 1. The third-order valence-electron chi connectivity index (χ3n) is 7.53. The van der Waals surface area contributed by atoms with E-state index in [4.69, 9.17) is 21.4 Å². The van der Waals surface area contributed by atoms with E-state index in [1.54, 1.807) is 17.0 Å². The number of aromatic nitrogens is 2. The molecule has 1 aliphatic heterocycles. The molecule has 2 aromatic rings. The summed E-state index contributed by atoms with van der Waals surface area (Å²) in [5.41, 5.74) is 1.96. The maximum atomic E-state index is 13.8. The van der Waals surface area contributed by atoms with Crippen molar-refractivity contribution in [3.05, 3.63) is 38.3 Å². The molecule has 1 aliphatic rings. The molecule has 0 N–H and O–H groups in total. The molecule has 2 heterocycles. The van der Waals surface area contributed by atoms with Crippen LogP contribution in [-0.2, 0) is 11.3 Å². The van der Waals surface area contributed by atoms with Crippen LogP contribution in [0, 0.1) is 9.39 Å². The fourth-order valence-electron chi connectivity index (χ4n) is 4.30. The van der Waals surface area contributed by atoms with Crippen molar-refractivity contribution in [2.75, 3.05) is 6.54 Å². The molecule has 0 fully saturated rings. The lowest BCUT2D eigenvalue weighted by molar-refractivity contribution is 0.0153. The van der Waals surface area contributed by atoms with Crippen molar-refractivity contribution in [2.45, 2.75) is 103 Å². The number of benzene rings is 1. The highest BCUT2D eigenvalue weighted by molar-refractivity contribution is 14.1. The van der Waals surface area contributed by atoms with Gasteiger partial charge in [-0.1, -0.05) is 64.4 Å². The first-order valence-electron chi connectivity index (χ1n) is 12.7. The Balaban J connectivity index is 1.87. The van der Waals surface area contributed by atoms with Crippen LogP contribution in [0.15, 0.2) is 18.2 Å². The van der Waals surface area contributed by atoms with Crippen molar-refractivity contribution < 1.29 is 13.9 Å². The van der Waals surface area contributed by atoms with Gasteiger partial charge in [-0.15, -0.1) is 0 Å². The first kappa shape index (κ1) is 29.4. The van der Waals surface area contributed by atoms with Crippen molar-refractivity contribution in [2.24, 2.45) is 0 Å². The second kappa shape index (κ2) is 10.9. The molecular formula is C27H40ClFIN3O2Si. The van der Waals surface area contributed by atoms with Crippen molar-refractivity contribution in [3.8, 4) is 11.3 Å². The van der Waals surface area contributed by atoms with Gasteiger partial charge in [0.25, 0.3) is 0 Å². The Morgan fingerprint density at radius 2 is 1.89 bits per heavy atom. The summed E-state index contributed by atoms with van der Waals surface area (Å²) >= 11 is 8.36. The number of ether oxygens (including phenoxy) is 1. The maximum Gasteiger partial charge on any atom is 0.410 e. The number of halogens is 3. The van der Waals surface area contributed by atoms with E-state index in [-0.39, 0.29) is 17.2 Å². The largest absolute Gasteiger partial charge is 0.444 e. The predicted molar refractivity (Wildman–Crippen MR) is 157 cm³/mol. The molecule has 1 atom stereocenters. The normalized spacial score (nSPS) is 16.8. The summed E-state index contributed by atoms with van der Waals surface area (Å²) < 4.78 is 22.5. The molecule has 36 heavy (non-hydrogen) atoms. The molecule has 5 nitrogen and oxygen atoms in total. The van der Waals surface area contributed by atoms with E-state index in [2.05, 4.69) is 61.1 Å². The fourth-order valence-corrected chi connectivity index (χ4v) is 7.20. The minimum atomic E-state index is -1.33. The van der Waals surface area contributed by atoms with Crippen LogP contribution >= 0.6 is 34.2 Å². The molecule has 1 aromatic heterocycles. The molecule has 9 heteroatoms. The standard InChI is InChI=1S/C27H40ClFIN3O2Si/c1-26(2,3)35-25(34)32-16-19(11-9-10-14-36(7,8)27(4,5)6)33-22(17-32)23(30)24(31-33)18-12-13-21(29)20(28)15-18/h12-13,15,19H,9-11,14,16-17H2,1-8H3. The van der Waals surface area contributed by atoms with E-state index >= 15 is 0 Å². The minimum absolute atomic E-state index is 0.0545. The maximum absolute atomic E-state index is 13.8. The summed E-state index contributed by atoms with van der Waals surface area (Å²) in [4.78, 5) is 14.8. The van der Waals surface area contributed by atoms with Gasteiger partial charge in [0.1, 0.15) is 17.1 Å². The highest BCUT2D eigenvalue weighted by Crippen LogP contribution is 2.40. The molecular weight excluding hydrogens is 608 g/mol. The van der Waals surface area contributed by atoms with Gasteiger partial charge in [-0.05, 0) is 73.0 Å². The summed E-state index contributed by atoms with van der Waals surface area (Å²) in [5.74, 6) is -0.449. The average Bonchev–Trinajstić information content (AvgIpc) is 3.08. The monoisotopic (exact) mass is 647 g/mol. The van der Waals surface area contributed by atoms with Crippen LogP contribution in [0.3, 0.4) is 0 Å². The summed E-state index contributed by atoms with van der Waals surface area (Å²) in [6.07, 6.45) is 2.88. The Labute approximate surface area is 235 Å².